The maximum Gasteiger partial charge on any atom is 0.263 e. The number of nitriles is 1. The van der Waals surface area contributed by atoms with Crippen molar-refractivity contribution < 1.29 is 9.90 Å². The van der Waals surface area contributed by atoms with E-state index in [1.54, 1.807) is 30.3 Å². The third-order valence-corrected chi connectivity index (χ3v) is 3.12. The predicted octanol–water partition coefficient (Wildman–Crippen LogP) is 1.09. The fourth-order valence-corrected chi connectivity index (χ4v) is 2.12. The number of hydrazone groups is 1. The van der Waals surface area contributed by atoms with E-state index in [9.17, 15) is 14.7 Å². The number of amides is 1. The van der Waals surface area contributed by atoms with E-state index in [-0.39, 0.29) is 17.7 Å². The summed E-state index contributed by atoms with van der Waals surface area (Å²) in [5, 5.41) is 22.8. The van der Waals surface area contributed by atoms with Crippen molar-refractivity contribution in [3.8, 4) is 11.8 Å². The van der Waals surface area contributed by atoms with Crippen molar-refractivity contribution in [1.29, 1.82) is 5.26 Å². The molecule has 0 spiro atoms. The maximum absolute atomic E-state index is 12.4. The van der Waals surface area contributed by atoms with Gasteiger partial charge in [0.05, 0.1) is 17.8 Å². The number of carbonyl (C=O) groups excluding carboxylic acids is 1. The van der Waals surface area contributed by atoms with Gasteiger partial charge in [0.2, 0.25) is 0 Å². The van der Waals surface area contributed by atoms with Crippen LogP contribution in [-0.2, 0) is 11.3 Å². The maximum atomic E-state index is 12.4. The monoisotopic (exact) mass is 298 g/mol. The molecule has 0 bridgehead atoms. The Morgan fingerprint density at radius 1 is 1.50 bits per heavy atom. The highest BCUT2D eigenvalue weighted by atomic mass is 16.3. The molecule has 0 saturated carbocycles. The van der Waals surface area contributed by atoms with E-state index in [2.05, 4.69) is 10.5 Å². The first kappa shape index (κ1) is 15.3. The van der Waals surface area contributed by atoms with Gasteiger partial charge in [-0.2, -0.15) is 10.4 Å². The zero-order chi connectivity index (χ0) is 16.1. The molecular weight excluding hydrogens is 284 g/mol. The summed E-state index contributed by atoms with van der Waals surface area (Å²) in [4.78, 5) is 23.5. The van der Waals surface area contributed by atoms with E-state index in [4.69, 9.17) is 5.26 Å². The van der Waals surface area contributed by atoms with Crippen molar-refractivity contribution in [1.82, 2.24) is 9.99 Å². The molecule has 0 unspecified atom stereocenters. The minimum absolute atomic E-state index is 0.0159. The number of para-hydroxylation sites is 1. The Kier molecular flexibility index (Phi) is 4.53. The highest BCUT2D eigenvalue weighted by Gasteiger charge is 2.13. The van der Waals surface area contributed by atoms with E-state index in [0.717, 1.165) is 6.21 Å². The van der Waals surface area contributed by atoms with Gasteiger partial charge in [0, 0.05) is 11.9 Å². The number of benzene rings is 1. The van der Waals surface area contributed by atoms with E-state index in [1.807, 2.05) is 6.92 Å². The second kappa shape index (κ2) is 6.54. The average Bonchev–Trinajstić information content (AvgIpc) is 2.51. The number of nitrogens with zero attached hydrogens (tertiary/aromatic N) is 3. The van der Waals surface area contributed by atoms with Gasteiger partial charge in [0.25, 0.3) is 11.5 Å². The Morgan fingerprint density at radius 2 is 2.23 bits per heavy atom. The van der Waals surface area contributed by atoms with Crippen molar-refractivity contribution in [2.24, 2.45) is 5.10 Å². The fraction of sp³-hybridized carbons (Fsp3) is 0.200. The fourth-order valence-electron chi connectivity index (χ4n) is 2.12. The van der Waals surface area contributed by atoms with Crippen LogP contribution in [0.3, 0.4) is 0 Å². The molecule has 0 saturated heterocycles. The van der Waals surface area contributed by atoms with Crippen LogP contribution < -0.4 is 11.0 Å². The van der Waals surface area contributed by atoms with Gasteiger partial charge in [-0.15, -0.1) is 0 Å². The minimum Gasteiger partial charge on any atom is -0.506 e. The first-order valence-electron chi connectivity index (χ1n) is 6.63. The van der Waals surface area contributed by atoms with E-state index in [1.165, 1.54) is 4.57 Å². The highest BCUT2D eigenvalue weighted by Crippen LogP contribution is 2.25. The van der Waals surface area contributed by atoms with Crippen molar-refractivity contribution in [3.63, 3.8) is 0 Å². The lowest BCUT2D eigenvalue weighted by Gasteiger charge is -2.11. The molecule has 0 aliphatic heterocycles. The smallest absolute Gasteiger partial charge is 0.263 e. The van der Waals surface area contributed by atoms with Gasteiger partial charge in [-0.1, -0.05) is 12.1 Å². The van der Waals surface area contributed by atoms with Gasteiger partial charge in [0.15, 0.2) is 0 Å². The first-order valence-corrected chi connectivity index (χ1v) is 6.63. The molecule has 2 aromatic rings. The summed E-state index contributed by atoms with van der Waals surface area (Å²) in [7, 11) is 0. The number of aryl methyl sites for hydroxylation is 1. The molecule has 7 nitrogen and oxygen atoms in total. The Hall–Kier alpha value is -3.14. The number of nitrogens with one attached hydrogen (secondary N) is 1. The molecule has 0 aliphatic carbocycles. The Morgan fingerprint density at radius 3 is 2.91 bits per heavy atom. The lowest BCUT2D eigenvalue weighted by molar-refractivity contribution is -0.120. The van der Waals surface area contributed by atoms with Gasteiger partial charge < -0.3 is 9.67 Å². The van der Waals surface area contributed by atoms with Crippen LogP contribution in [-0.4, -0.2) is 21.8 Å². The van der Waals surface area contributed by atoms with Gasteiger partial charge in [-0.3, -0.25) is 9.59 Å². The quantitative estimate of drug-likeness (QED) is 0.650. The number of aromatic hydroxyl groups is 1. The molecule has 0 fully saturated rings. The molecule has 2 rings (SSSR count). The third-order valence-electron chi connectivity index (χ3n) is 3.12. The van der Waals surface area contributed by atoms with Crippen LogP contribution in [0.1, 0.15) is 18.9 Å². The summed E-state index contributed by atoms with van der Waals surface area (Å²) >= 11 is 0. The van der Waals surface area contributed by atoms with Crippen LogP contribution in [0.4, 0.5) is 0 Å². The van der Waals surface area contributed by atoms with Crippen LogP contribution in [0.15, 0.2) is 34.2 Å². The largest absolute Gasteiger partial charge is 0.506 e. The molecule has 112 valence electrons. The Bertz CT molecular complexity index is 846. The van der Waals surface area contributed by atoms with Gasteiger partial charge in [0.1, 0.15) is 17.7 Å². The lowest BCUT2D eigenvalue weighted by atomic mass is 10.1. The average molecular weight is 298 g/mol. The number of carbonyl (C=O) groups is 1. The number of aromatic nitrogens is 1. The summed E-state index contributed by atoms with van der Waals surface area (Å²) in [6, 6.07) is 8.66. The molecule has 1 amide bonds. The summed E-state index contributed by atoms with van der Waals surface area (Å²) in [5.74, 6) is -0.779. The number of rotatable bonds is 4. The summed E-state index contributed by atoms with van der Waals surface area (Å²) in [6.07, 6.45) is 0.756. The van der Waals surface area contributed by atoms with Crippen LogP contribution in [0.2, 0.25) is 0 Å². The second-order valence-electron chi connectivity index (χ2n) is 4.46. The van der Waals surface area contributed by atoms with Crippen molar-refractivity contribution in [2.75, 3.05) is 0 Å². The number of hydrogen-bond acceptors (Lipinski definition) is 5. The van der Waals surface area contributed by atoms with Crippen molar-refractivity contribution in [2.45, 2.75) is 19.9 Å². The predicted molar refractivity (Wildman–Crippen MR) is 81.5 cm³/mol. The van der Waals surface area contributed by atoms with Crippen molar-refractivity contribution >= 4 is 23.0 Å². The van der Waals surface area contributed by atoms with Crippen molar-refractivity contribution in [3.05, 3.63) is 40.2 Å². The normalized spacial score (nSPS) is 10.7. The first-order chi connectivity index (χ1) is 10.6. The molecule has 1 heterocycles. The summed E-state index contributed by atoms with van der Waals surface area (Å²) in [5.41, 5.74) is 2.32. The molecule has 2 N–H and O–H groups in total. The number of fused-ring (bicyclic) bond motifs is 1. The van der Waals surface area contributed by atoms with Gasteiger partial charge in [-0.05, 0) is 19.1 Å². The van der Waals surface area contributed by atoms with Gasteiger partial charge >= 0.3 is 0 Å². The van der Waals surface area contributed by atoms with Crippen LogP contribution >= 0.6 is 0 Å². The minimum atomic E-state index is -0.588. The molecule has 0 radical (unpaired) electrons. The Balaban J connectivity index is 2.51. The molecule has 22 heavy (non-hydrogen) atoms. The second-order valence-corrected chi connectivity index (χ2v) is 4.46. The molecule has 0 aliphatic rings. The van der Waals surface area contributed by atoms with Crippen LogP contribution in [0.5, 0.6) is 5.75 Å². The summed E-state index contributed by atoms with van der Waals surface area (Å²) in [6.45, 7) is 2.25. The summed E-state index contributed by atoms with van der Waals surface area (Å²) < 4.78 is 1.51. The van der Waals surface area contributed by atoms with E-state index in [0.29, 0.717) is 17.4 Å². The molecular formula is C15H14N4O3. The number of pyridine rings is 1. The van der Waals surface area contributed by atoms with E-state index >= 15 is 0 Å². The topological polar surface area (TPSA) is 107 Å². The molecule has 1 aromatic heterocycles. The van der Waals surface area contributed by atoms with Crippen LogP contribution in [0, 0.1) is 11.3 Å². The lowest BCUT2D eigenvalue weighted by Crippen LogP contribution is -2.24. The van der Waals surface area contributed by atoms with Crippen LogP contribution in [0.25, 0.3) is 10.9 Å². The Labute approximate surface area is 126 Å². The standard InChI is InChI=1S/C15H14N4O3/c1-2-19-12-6-4-3-5-10(12)14(21)11(15(19)22)9-17-18-13(20)7-8-16/h3-6,9,21H,2,7H2,1H3,(H,18,20)/b17-9+. The van der Waals surface area contributed by atoms with E-state index < -0.39 is 11.5 Å². The third kappa shape index (κ3) is 2.81. The SMILES string of the molecule is CCn1c(=O)c(/C=N/NC(=O)CC#N)c(O)c2ccccc21. The molecule has 0 atom stereocenters. The van der Waals surface area contributed by atoms with Gasteiger partial charge in [-0.25, -0.2) is 5.43 Å². The number of hydrogen-bond donors (Lipinski definition) is 2. The molecule has 1 aromatic carbocycles. The zero-order valence-electron chi connectivity index (χ0n) is 11.9. The highest BCUT2D eigenvalue weighted by molar-refractivity contribution is 5.95. The molecule has 7 heteroatoms. The zero-order valence-corrected chi connectivity index (χ0v) is 11.9.